The lowest BCUT2D eigenvalue weighted by Crippen LogP contribution is -1.93. The van der Waals surface area contributed by atoms with Crippen LogP contribution in [0.15, 0.2) is 30.3 Å². The number of aryl methyl sites for hydroxylation is 1. The van der Waals surface area contributed by atoms with Crippen LogP contribution in [0.25, 0.3) is 22.1 Å². The molecule has 4 heteroatoms. The fourth-order valence-corrected chi connectivity index (χ4v) is 1.85. The number of para-hydroxylation sites is 1. The van der Waals surface area contributed by atoms with Crippen LogP contribution >= 0.6 is 0 Å². The third-order valence-electron chi connectivity index (χ3n) is 2.83. The van der Waals surface area contributed by atoms with E-state index in [0.717, 1.165) is 11.1 Å². The maximum Gasteiger partial charge on any atom is 0.143 e. The molecule has 0 spiro atoms. The second-order valence-corrected chi connectivity index (χ2v) is 4.07. The van der Waals surface area contributed by atoms with E-state index in [4.69, 9.17) is 5.73 Å². The number of benzene rings is 2. The molecule has 0 bridgehead atoms. The van der Waals surface area contributed by atoms with Crippen molar-refractivity contribution >= 4 is 27.8 Å². The summed E-state index contributed by atoms with van der Waals surface area (Å²) in [5.41, 5.74) is 10.2. The Kier molecular flexibility index (Phi) is 1.92. The Morgan fingerprint density at radius 2 is 1.82 bits per heavy atom. The molecule has 3 N–H and O–H groups in total. The molecule has 3 rings (SSSR count). The summed E-state index contributed by atoms with van der Waals surface area (Å²) in [6.07, 6.45) is 0. The smallest absolute Gasteiger partial charge is 0.143 e. The molecule has 84 valence electrons. The van der Waals surface area contributed by atoms with E-state index in [0.29, 0.717) is 22.2 Å². The van der Waals surface area contributed by atoms with E-state index in [1.54, 1.807) is 18.2 Å². The molecule has 0 fully saturated rings. The van der Waals surface area contributed by atoms with Gasteiger partial charge in [-0.1, -0.05) is 6.07 Å². The summed E-state index contributed by atoms with van der Waals surface area (Å²) >= 11 is 0. The number of fused-ring (bicyclic) bond motifs is 2. The molecular weight excluding hydrogens is 214 g/mol. The summed E-state index contributed by atoms with van der Waals surface area (Å²) in [6, 6.07) is 8.86. The van der Waals surface area contributed by atoms with Crippen LogP contribution in [-0.4, -0.2) is 15.1 Å². The lowest BCUT2D eigenvalue weighted by atomic mass is 10.1. The van der Waals surface area contributed by atoms with Gasteiger partial charge in [0.25, 0.3) is 0 Å². The molecule has 0 aliphatic carbocycles. The van der Waals surface area contributed by atoms with Gasteiger partial charge in [0.1, 0.15) is 11.3 Å². The molecule has 0 saturated carbocycles. The molecule has 0 aliphatic heterocycles. The average Bonchev–Trinajstić information content (AvgIpc) is 2.29. The van der Waals surface area contributed by atoms with Crippen molar-refractivity contribution in [3.05, 3.63) is 35.9 Å². The van der Waals surface area contributed by atoms with E-state index < -0.39 is 0 Å². The molecule has 0 aliphatic rings. The summed E-state index contributed by atoms with van der Waals surface area (Å²) < 4.78 is 0. The summed E-state index contributed by atoms with van der Waals surface area (Å²) in [5, 5.41) is 9.72. The lowest BCUT2D eigenvalue weighted by Gasteiger charge is -2.05. The van der Waals surface area contributed by atoms with Gasteiger partial charge < -0.3 is 10.8 Å². The monoisotopic (exact) mass is 225 g/mol. The zero-order chi connectivity index (χ0) is 12.0. The number of aromatic hydroxyl groups is 1. The summed E-state index contributed by atoms with van der Waals surface area (Å²) in [7, 11) is 0. The number of anilines is 1. The van der Waals surface area contributed by atoms with Crippen molar-refractivity contribution in [3.8, 4) is 5.75 Å². The average molecular weight is 225 g/mol. The highest BCUT2D eigenvalue weighted by Gasteiger charge is 2.06. The topological polar surface area (TPSA) is 72.0 Å². The SMILES string of the molecule is Cc1cc2nc3cccc(O)c3nc2cc1N. The van der Waals surface area contributed by atoms with Crippen LogP contribution in [0.5, 0.6) is 5.75 Å². The van der Waals surface area contributed by atoms with Crippen molar-refractivity contribution in [2.45, 2.75) is 6.92 Å². The number of hydrogen-bond acceptors (Lipinski definition) is 4. The van der Waals surface area contributed by atoms with Gasteiger partial charge in [-0.15, -0.1) is 0 Å². The fourth-order valence-electron chi connectivity index (χ4n) is 1.85. The molecule has 4 nitrogen and oxygen atoms in total. The Morgan fingerprint density at radius 1 is 1.06 bits per heavy atom. The van der Waals surface area contributed by atoms with Gasteiger partial charge in [-0.05, 0) is 36.8 Å². The van der Waals surface area contributed by atoms with Crippen molar-refractivity contribution in [2.75, 3.05) is 5.73 Å². The van der Waals surface area contributed by atoms with Crippen molar-refractivity contribution in [1.82, 2.24) is 9.97 Å². The number of nitrogens with zero attached hydrogens (tertiary/aromatic N) is 2. The number of phenolic OH excluding ortho intramolecular Hbond substituents is 1. The summed E-state index contributed by atoms with van der Waals surface area (Å²) in [5.74, 6) is 0.135. The Balaban J connectivity index is 2.48. The quantitative estimate of drug-likeness (QED) is 0.455. The number of phenols is 1. The zero-order valence-corrected chi connectivity index (χ0v) is 9.31. The van der Waals surface area contributed by atoms with Crippen LogP contribution in [0.3, 0.4) is 0 Å². The molecule has 1 heterocycles. The number of rotatable bonds is 0. The van der Waals surface area contributed by atoms with E-state index >= 15 is 0 Å². The van der Waals surface area contributed by atoms with Crippen LogP contribution < -0.4 is 5.73 Å². The second kappa shape index (κ2) is 3.31. The first-order valence-electron chi connectivity index (χ1n) is 5.31. The molecule has 3 aromatic rings. The van der Waals surface area contributed by atoms with Gasteiger partial charge in [0, 0.05) is 5.69 Å². The molecule has 0 radical (unpaired) electrons. The Morgan fingerprint density at radius 3 is 2.65 bits per heavy atom. The van der Waals surface area contributed by atoms with Crippen LogP contribution in [0.1, 0.15) is 5.56 Å². The minimum Gasteiger partial charge on any atom is -0.506 e. The number of nitrogens with two attached hydrogens (primary N) is 1. The van der Waals surface area contributed by atoms with Gasteiger partial charge in [-0.3, -0.25) is 0 Å². The standard InChI is InChI=1S/C13H11N3O/c1-7-5-10-11(6-8(7)14)16-13-9(15-10)3-2-4-12(13)17/h2-6,17H,14H2,1H3. The fraction of sp³-hybridized carbons (Fsp3) is 0.0769. The Hall–Kier alpha value is -2.36. The maximum atomic E-state index is 9.72. The summed E-state index contributed by atoms with van der Waals surface area (Å²) in [6.45, 7) is 1.93. The molecule has 17 heavy (non-hydrogen) atoms. The lowest BCUT2D eigenvalue weighted by molar-refractivity contribution is 0.480. The minimum atomic E-state index is 0.135. The largest absolute Gasteiger partial charge is 0.506 e. The van der Waals surface area contributed by atoms with Crippen molar-refractivity contribution in [3.63, 3.8) is 0 Å². The maximum absolute atomic E-state index is 9.72. The van der Waals surface area contributed by atoms with Crippen LogP contribution in [-0.2, 0) is 0 Å². The third kappa shape index (κ3) is 1.45. The molecule has 0 saturated heterocycles. The van der Waals surface area contributed by atoms with E-state index in [1.165, 1.54) is 0 Å². The molecular formula is C13H11N3O. The highest BCUT2D eigenvalue weighted by molar-refractivity contribution is 5.91. The first kappa shape index (κ1) is 9.84. The van der Waals surface area contributed by atoms with E-state index in [1.807, 2.05) is 19.1 Å². The number of hydrogen-bond donors (Lipinski definition) is 2. The predicted molar refractivity (Wildman–Crippen MR) is 67.9 cm³/mol. The molecule has 1 aromatic heterocycles. The predicted octanol–water partition coefficient (Wildman–Crippen LogP) is 2.38. The van der Waals surface area contributed by atoms with Gasteiger partial charge in [-0.2, -0.15) is 0 Å². The highest BCUT2D eigenvalue weighted by atomic mass is 16.3. The van der Waals surface area contributed by atoms with Gasteiger partial charge in [0.05, 0.1) is 16.6 Å². The van der Waals surface area contributed by atoms with Crippen molar-refractivity contribution < 1.29 is 5.11 Å². The molecule has 0 atom stereocenters. The van der Waals surface area contributed by atoms with Crippen molar-refractivity contribution in [2.24, 2.45) is 0 Å². The molecule has 0 amide bonds. The van der Waals surface area contributed by atoms with Crippen LogP contribution in [0.4, 0.5) is 5.69 Å². The second-order valence-electron chi connectivity index (χ2n) is 4.07. The molecule has 2 aromatic carbocycles. The first-order chi connectivity index (χ1) is 8.15. The number of aromatic nitrogens is 2. The zero-order valence-electron chi connectivity index (χ0n) is 9.31. The van der Waals surface area contributed by atoms with E-state index in [-0.39, 0.29) is 5.75 Å². The third-order valence-corrected chi connectivity index (χ3v) is 2.83. The van der Waals surface area contributed by atoms with Gasteiger partial charge >= 0.3 is 0 Å². The Labute approximate surface area is 97.7 Å². The van der Waals surface area contributed by atoms with E-state index in [9.17, 15) is 5.11 Å². The Bertz CT molecular complexity index is 737. The van der Waals surface area contributed by atoms with E-state index in [2.05, 4.69) is 9.97 Å². The first-order valence-corrected chi connectivity index (χ1v) is 5.31. The normalized spacial score (nSPS) is 11.1. The number of nitrogen functional groups attached to an aromatic ring is 1. The minimum absolute atomic E-state index is 0.135. The van der Waals surface area contributed by atoms with Gasteiger partial charge in [-0.25, -0.2) is 9.97 Å². The summed E-state index contributed by atoms with van der Waals surface area (Å²) in [4.78, 5) is 8.85. The van der Waals surface area contributed by atoms with Crippen LogP contribution in [0, 0.1) is 6.92 Å². The molecule has 0 unspecified atom stereocenters. The van der Waals surface area contributed by atoms with Gasteiger partial charge in [0.2, 0.25) is 0 Å². The van der Waals surface area contributed by atoms with Crippen molar-refractivity contribution in [1.29, 1.82) is 0 Å². The highest BCUT2D eigenvalue weighted by Crippen LogP contribution is 2.25. The van der Waals surface area contributed by atoms with Crippen LogP contribution in [0.2, 0.25) is 0 Å². The van der Waals surface area contributed by atoms with Gasteiger partial charge in [0.15, 0.2) is 0 Å².